The number of carbonyl (C=O) groups excluding carboxylic acids is 2. The number of aromatic nitrogens is 2. The van der Waals surface area contributed by atoms with Gasteiger partial charge in [-0.25, -0.2) is 9.97 Å². The summed E-state index contributed by atoms with van der Waals surface area (Å²) in [5.74, 6) is 0.853. The highest BCUT2D eigenvalue weighted by atomic mass is 35.5. The van der Waals surface area contributed by atoms with E-state index in [4.69, 9.17) is 0 Å². The molecule has 2 amide bonds. The van der Waals surface area contributed by atoms with Gasteiger partial charge in [0.2, 0.25) is 17.8 Å². The van der Waals surface area contributed by atoms with Crippen LogP contribution in [0.4, 0.5) is 5.95 Å². The highest BCUT2D eigenvalue weighted by molar-refractivity contribution is 5.85. The van der Waals surface area contributed by atoms with Gasteiger partial charge >= 0.3 is 0 Å². The zero-order valence-corrected chi connectivity index (χ0v) is 15.1. The van der Waals surface area contributed by atoms with E-state index in [0.717, 1.165) is 39.3 Å². The van der Waals surface area contributed by atoms with Crippen molar-refractivity contribution in [3.05, 3.63) is 18.5 Å². The minimum atomic E-state index is 0. The molecule has 1 aromatic rings. The molecule has 0 atom stereocenters. The Morgan fingerprint density at radius 3 is 1.96 bits per heavy atom. The van der Waals surface area contributed by atoms with Gasteiger partial charge in [0, 0.05) is 77.6 Å². The van der Waals surface area contributed by atoms with Crippen molar-refractivity contribution in [1.29, 1.82) is 0 Å². The first-order chi connectivity index (χ1) is 11.7. The van der Waals surface area contributed by atoms with E-state index in [1.807, 2.05) is 9.80 Å². The fourth-order valence-corrected chi connectivity index (χ4v) is 3.05. The van der Waals surface area contributed by atoms with Crippen molar-refractivity contribution in [2.45, 2.75) is 12.8 Å². The van der Waals surface area contributed by atoms with Crippen LogP contribution in [-0.2, 0) is 9.59 Å². The number of amides is 2. The fraction of sp³-hybridized carbons (Fsp3) is 0.625. The summed E-state index contributed by atoms with van der Waals surface area (Å²) in [6.45, 7) is 5.90. The summed E-state index contributed by atoms with van der Waals surface area (Å²) in [7, 11) is 0. The van der Waals surface area contributed by atoms with Gasteiger partial charge in [-0.15, -0.1) is 12.4 Å². The maximum absolute atomic E-state index is 12.3. The first-order valence-electron chi connectivity index (χ1n) is 8.52. The van der Waals surface area contributed by atoms with Crippen LogP contribution >= 0.6 is 12.4 Å². The zero-order chi connectivity index (χ0) is 16.8. The number of carbonyl (C=O) groups is 2. The minimum absolute atomic E-state index is 0. The Balaban J connectivity index is 0.00000225. The maximum Gasteiger partial charge on any atom is 0.225 e. The number of nitrogens with one attached hydrogen (secondary N) is 1. The Morgan fingerprint density at radius 2 is 1.40 bits per heavy atom. The molecular weight excluding hydrogens is 344 g/mol. The lowest BCUT2D eigenvalue weighted by atomic mass is 10.2. The minimum Gasteiger partial charge on any atom is -0.340 e. The van der Waals surface area contributed by atoms with Gasteiger partial charge < -0.3 is 20.0 Å². The predicted octanol–water partition coefficient (Wildman–Crippen LogP) is -0.241. The number of halogens is 1. The molecule has 0 unspecified atom stereocenters. The molecule has 25 heavy (non-hydrogen) atoms. The van der Waals surface area contributed by atoms with Gasteiger partial charge in [0.05, 0.1) is 0 Å². The number of nitrogens with zero attached hydrogens (tertiary/aromatic N) is 5. The van der Waals surface area contributed by atoms with Crippen molar-refractivity contribution >= 4 is 30.2 Å². The van der Waals surface area contributed by atoms with E-state index in [9.17, 15) is 9.59 Å². The van der Waals surface area contributed by atoms with Crippen LogP contribution in [0.3, 0.4) is 0 Å². The topological polar surface area (TPSA) is 81.7 Å². The standard InChI is InChI=1S/C16H24N6O2.ClH/c23-14(20-8-6-17-7-9-20)2-3-15(24)21-10-12-22(13-11-21)16-18-4-1-5-19-16;/h1,4-5,17H,2-3,6-13H2;1H. The summed E-state index contributed by atoms with van der Waals surface area (Å²) in [5.41, 5.74) is 0. The Labute approximate surface area is 154 Å². The van der Waals surface area contributed by atoms with Crippen LogP contribution in [0.15, 0.2) is 18.5 Å². The average Bonchev–Trinajstić information content (AvgIpc) is 2.67. The van der Waals surface area contributed by atoms with E-state index in [-0.39, 0.29) is 24.2 Å². The van der Waals surface area contributed by atoms with Gasteiger partial charge in [-0.2, -0.15) is 0 Å². The summed E-state index contributed by atoms with van der Waals surface area (Å²) in [5, 5.41) is 3.22. The van der Waals surface area contributed by atoms with Crippen molar-refractivity contribution < 1.29 is 9.59 Å². The highest BCUT2D eigenvalue weighted by Gasteiger charge is 2.24. The molecule has 0 bridgehead atoms. The van der Waals surface area contributed by atoms with Crippen molar-refractivity contribution in [3.63, 3.8) is 0 Å². The summed E-state index contributed by atoms with van der Waals surface area (Å²) in [6.07, 6.45) is 4.05. The molecule has 0 saturated carbocycles. The van der Waals surface area contributed by atoms with E-state index in [1.165, 1.54) is 0 Å². The molecule has 2 saturated heterocycles. The fourth-order valence-electron chi connectivity index (χ4n) is 3.05. The van der Waals surface area contributed by atoms with Gasteiger partial charge in [-0.1, -0.05) is 0 Å². The van der Waals surface area contributed by atoms with Crippen LogP contribution in [0.1, 0.15) is 12.8 Å². The van der Waals surface area contributed by atoms with E-state index in [2.05, 4.69) is 20.2 Å². The van der Waals surface area contributed by atoms with Crippen molar-refractivity contribution in [3.8, 4) is 0 Å². The van der Waals surface area contributed by atoms with Gasteiger partial charge in [0.25, 0.3) is 0 Å². The second-order valence-electron chi connectivity index (χ2n) is 6.05. The van der Waals surface area contributed by atoms with Crippen molar-refractivity contribution in [1.82, 2.24) is 25.1 Å². The molecule has 8 nitrogen and oxygen atoms in total. The highest BCUT2D eigenvalue weighted by Crippen LogP contribution is 2.11. The molecule has 9 heteroatoms. The number of hydrogen-bond donors (Lipinski definition) is 1. The first kappa shape index (κ1) is 19.4. The molecule has 0 aliphatic carbocycles. The van der Waals surface area contributed by atoms with Crippen LogP contribution in [0, 0.1) is 0 Å². The molecule has 0 spiro atoms. The van der Waals surface area contributed by atoms with Gasteiger partial charge in [-0.05, 0) is 6.07 Å². The number of piperazine rings is 2. The number of rotatable bonds is 4. The van der Waals surface area contributed by atoms with E-state index in [0.29, 0.717) is 31.9 Å². The lowest BCUT2D eigenvalue weighted by molar-refractivity contribution is -0.137. The molecule has 0 aromatic carbocycles. The summed E-state index contributed by atoms with van der Waals surface area (Å²) >= 11 is 0. The largest absolute Gasteiger partial charge is 0.340 e. The Morgan fingerprint density at radius 1 is 0.880 bits per heavy atom. The van der Waals surface area contributed by atoms with Crippen LogP contribution in [0.5, 0.6) is 0 Å². The van der Waals surface area contributed by atoms with Crippen LogP contribution < -0.4 is 10.2 Å². The third-order valence-corrected chi connectivity index (χ3v) is 4.49. The van der Waals surface area contributed by atoms with Gasteiger partial charge in [0.15, 0.2) is 0 Å². The van der Waals surface area contributed by atoms with Gasteiger partial charge in [0.1, 0.15) is 0 Å². The molecule has 3 rings (SSSR count). The molecule has 0 radical (unpaired) electrons. The zero-order valence-electron chi connectivity index (χ0n) is 14.3. The second kappa shape index (κ2) is 9.53. The first-order valence-corrected chi connectivity index (χ1v) is 8.52. The normalized spacial score (nSPS) is 17.8. The second-order valence-corrected chi connectivity index (χ2v) is 6.05. The molecular formula is C16H25ClN6O2. The SMILES string of the molecule is Cl.O=C(CCC(=O)N1CCN(c2ncccn2)CC1)N1CCNCC1. The Hall–Kier alpha value is -1.93. The summed E-state index contributed by atoms with van der Waals surface area (Å²) in [4.78, 5) is 38.7. The predicted molar refractivity (Wildman–Crippen MR) is 96.8 cm³/mol. The lowest BCUT2D eigenvalue weighted by Gasteiger charge is -2.35. The molecule has 1 aromatic heterocycles. The van der Waals surface area contributed by atoms with Crippen LogP contribution in [-0.4, -0.2) is 83.9 Å². The molecule has 2 aliphatic rings. The molecule has 2 aliphatic heterocycles. The van der Waals surface area contributed by atoms with E-state index < -0.39 is 0 Å². The van der Waals surface area contributed by atoms with Gasteiger partial charge in [-0.3, -0.25) is 9.59 Å². The van der Waals surface area contributed by atoms with E-state index in [1.54, 1.807) is 18.5 Å². The molecule has 138 valence electrons. The van der Waals surface area contributed by atoms with Crippen molar-refractivity contribution in [2.75, 3.05) is 57.3 Å². The quantitative estimate of drug-likeness (QED) is 0.790. The van der Waals surface area contributed by atoms with Crippen LogP contribution in [0.25, 0.3) is 0 Å². The average molecular weight is 369 g/mol. The smallest absolute Gasteiger partial charge is 0.225 e. The number of anilines is 1. The summed E-state index contributed by atoms with van der Waals surface area (Å²) < 4.78 is 0. The lowest BCUT2D eigenvalue weighted by Crippen LogP contribution is -2.49. The Kier molecular flexibility index (Phi) is 7.39. The van der Waals surface area contributed by atoms with Crippen molar-refractivity contribution in [2.24, 2.45) is 0 Å². The maximum atomic E-state index is 12.3. The summed E-state index contributed by atoms with van der Waals surface area (Å²) in [6, 6.07) is 1.79. The number of hydrogen-bond acceptors (Lipinski definition) is 6. The molecule has 3 heterocycles. The van der Waals surface area contributed by atoms with E-state index >= 15 is 0 Å². The monoisotopic (exact) mass is 368 g/mol. The third kappa shape index (κ3) is 5.27. The van der Waals surface area contributed by atoms with Crippen LogP contribution in [0.2, 0.25) is 0 Å². The molecule has 2 fully saturated rings. The third-order valence-electron chi connectivity index (χ3n) is 4.49. The Bertz CT molecular complexity index is 559. The molecule has 1 N–H and O–H groups in total.